The molecule has 0 spiro atoms. The predicted molar refractivity (Wildman–Crippen MR) is 275 cm³/mol. The van der Waals surface area contributed by atoms with Crippen LogP contribution in [0.2, 0.25) is 17.3 Å². The number of hydrogen-bond acceptors (Lipinski definition) is 4. The van der Waals surface area contributed by atoms with E-state index in [4.69, 9.17) is 16.3 Å². The van der Waals surface area contributed by atoms with Crippen molar-refractivity contribution < 1.29 is 31.4 Å². The van der Waals surface area contributed by atoms with Crippen molar-refractivity contribution >= 4 is 50.8 Å². The van der Waals surface area contributed by atoms with Gasteiger partial charge in [-0.05, 0) is 77.4 Å². The molecule has 9 aromatic rings. The Balaban J connectivity index is 0.000000200. The van der Waals surface area contributed by atoms with Crippen LogP contribution >= 0.6 is 0 Å². The van der Waals surface area contributed by atoms with Crippen molar-refractivity contribution in [1.29, 1.82) is 0 Å². The van der Waals surface area contributed by atoms with E-state index in [-0.39, 0.29) is 31.6 Å². The van der Waals surface area contributed by atoms with Crippen molar-refractivity contribution in [2.75, 3.05) is 0 Å². The summed E-state index contributed by atoms with van der Waals surface area (Å²) in [5, 5.41) is 2.02. The van der Waals surface area contributed by atoms with Gasteiger partial charge in [-0.3, -0.25) is 4.98 Å². The minimum atomic E-state index is -2.35. The first kappa shape index (κ1) is 41.1. The normalized spacial score (nSPS) is 14.9. The topological polar surface area (TPSA) is 56.7 Å². The zero-order chi connectivity index (χ0) is 49.7. The summed E-state index contributed by atoms with van der Waals surface area (Å²) in [6.07, 6.45) is 5.74. The molecule has 1 aliphatic carbocycles. The maximum absolute atomic E-state index is 9.04. The molecule has 0 atom stereocenters. The van der Waals surface area contributed by atoms with E-state index >= 15 is 0 Å². The van der Waals surface area contributed by atoms with E-state index in [9.17, 15) is 0 Å². The predicted octanol–water partition coefficient (Wildman–Crippen LogP) is 15.5. The largest absolute Gasteiger partial charge is 0 e. The molecule has 5 nitrogen and oxygen atoms in total. The fraction of sp³-hybridized carbons (Fsp3) is 0.305. The third-order valence-electron chi connectivity index (χ3n) is 12.7. The molecule has 1 saturated carbocycles. The van der Waals surface area contributed by atoms with Crippen molar-refractivity contribution in [3.05, 3.63) is 162 Å². The number of furan rings is 1. The monoisotopic (exact) mass is 1110 g/mol. The van der Waals surface area contributed by atoms with Crippen LogP contribution in [0.5, 0.6) is 0 Å². The summed E-state index contributed by atoms with van der Waals surface area (Å²) >= 11 is -2.35. The molecule has 4 heterocycles. The number of rotatable bonds is 9. The molecule has 1 fully saturated rings. The van der Waals surface area contributed by atoms with Crippen molar-refractivity contribution in [2.24, 2.45) is 5.92 Å². The summed E-state index contributed by atoms with van der Waals surface area (Å²) in [4.78, 5) is 14.5. The first-order valence-electron chi connectivity index (χ1n) is 25.8. The van der Waals surface area contributed by atoms with E-state index in [1.165, 1.54) is 40.4 Å². The Labute approximate surface area is 415 Å². The number of imidazole rings is 1. The van der Waals surface area contributed by atoms with Crippen LogP contribution in [0.15, 0.2) is 126 Å². The minimum absolute atomic E-state index is 0. The zero-order valence-electron chi connectivity index (χ0n) is 44.3. The number of pyridine rings is 2. The van der Waals surface area contributed by atoms with Gasteiger partial charge in [0.15, 0.2) is 0 Å². The smallest absolute Gasteiger partial charge is 0 e. The van der Waals surface area contributed by atoms with Gasteiger partial charge in [0.25, 0.3) is 0 Å². The van der Waals surface area contributed by atoms with Gasteiger partial charge in [0, 0.05) is 36.9 Å². The molecule has 4 aromatic heterocycles. The third kappa shape index (κ3) is 9.79. The number of fused-ring (bicyclic) bond motifs is 4. The number of nitrogens with zero attached hydrogens (tertiary/aromatic N) is 4. The maximum atomic E-state index is 9.04. The van der Waals surface area contributed by atoms with Crippen LogP contribution in [-0.2, 0) is 26.5 Å². The van der Waals surface area contributed by atoms with Crippen LogP contribution in [0.25, 0.3) is 72.6 Å². The molecule has 5 aromatic carbocycles. The molecule has 339 valence electrons. The standard InChI is InChI=1S/C37H32N3O.C22H30GeN.Ir/c1-22(2)30-20-26(25-12-7-6-8-13-25)21-31(23(3)4)34(30)40-33-17-10-9-16-32(33)39-36(40)29-15-11-14-27-28-19-18-24(5)38-37(28)41-35(27)29;1-17-10-12-19(13-11-17)22-15-20(14-18-8-6-5-7-9-18)21(16-24-22)23(2,3)4;/h6-14,16-23H,1-5H3;10-12,15-16,18H,5-9,14H2,1-4H3;/q2*-1;/i;1D3,14D2;. The van der Waals surface area contributed by atoms with Crippen molar-refractivity contribution in [3.63, 3.8) is 0 Å². The van der Waals surface area contributed by atoms with E-state index < -0.39 is 26.5 Å². The first-order valence-corrected chi connectivity index (χ1v) is 30.6. The Morgan fingerprint density at radius 1 is 0.803 bits per heavy atom. The molecule has 7 heteroatoms. The number of benzene rings is 5. The van der Waals surface area contributed by atoms with Gasteiger partial charge in [0.1, 0.15) is 0 Å². The molecule has 0 unspecified atom stereocenters. The average Bonchev–Trinajstić information content (AvgIpc) is 3.92. The van der Waals surface area contributed by atoms with Crippen molar-refractivity contribution in [3.8, 4) is 39.5 Å². The van der Waals surface area contributed by atoms with Gasteiger partial charge in [-0.15, -0.1) is 18.2 Å². The molecule has 1 aliphatic rings. The third-order valence-corrected chi connectivity index (χ3v) is 17.0. The van der Waals surface area contributed by atoms with Crippen LogP contribution in [0, 0.1) is 31.8 Å². The van der Waals surface area contributed by atoms with Crippen molar-refractivity contribution in [1.82, 2.24) is 19.5 Å². The molecular formula is C59H62GeIrN4O-2. The SMILES string of the molecule is Cc1ccc2c(n1)oc1c(-c3nc4ccccc4n3-c3c(C(C)C)cc(-c4ccccc4)cc3C(C)C)[c-]ccc12.[2H]C([2H])([2H])c1c[c-]c(-c2cc(C([2H])([2H])C3CCCCC3)[c]([Ge]([CH3])([CH3])[CH3])cn2)cc1.[Ir]. The van der Waals surface area contributed by atoms with Crippen LogP contribution in [0.1, 0.15) is 106 Å². The minimum Gasteiger partial charge on any atom is 0 e. The second-order valence-corrected chi connectivity index (χ2v) is 29.8. The van der Waals surface area contributed by atoms with E-state index in [0.717, 1.165) is 80.1 Å². The number of hydrogen-bond donors (Lipinski definition) is 0. The summed E-state index contributed by atoms with van der Waals surface area (Å²) in [5.74, 6) is 8.26. The Hall–Kier alpha value is -5.14. The molecule has 0 saturated heterocycles. The Bertz CT molecular complexity index is 3300. The average molecular weight is 1110 g/mol. The van der Waals surface area contributed by atoms with Gasteiger partial charge >= 0.3 is 157 Å². The fourth-order valence-electron chi connectivity index (χ4n) is 9.29. The van der Waals surface area contributed by atoms with Gasteiger partial charge in [-0.2, -0.15) is 0 Å². The Morgan fingerprint density at radius 3 is 2.21 bits per heavy atom. The summed E-state index contributed by atoms with van der Waals surface area (Å²) in [7, 11) is 0. The van der Waals surface area contributed by atoms with Crippen LogP contribution in [0.4, 0.5) is 0 Å². The Morgan fingerprint density at radius 2 is 1.53 bits per heavy atom. The molecule has 10 rings (SSSR count). The molecule has 1 radical (unpaired) electrons. The first-order chi connectivity index (χ1) is 33.3. The zero-order valence-corrected chi connectivity index (χ0v) is 43.8. The number of aromatic nitrogens is 4. The van der Waals surface area contributed by atoms with E-state index in [1.54, 1.807) is 12.1 Å². The van der Waals surface area contributed by atoms with Crippen molar-refractivity contribution in [2.45, 2.75) is 109 Å². The molecule has 0 bridgehead atoms. The summed E-state index contributed by atoms with van der Waals surface area (Å²) in [5.41, 5.74) is 13.8. The van der Waals surface area contributed by atoms with Gasteiger partial charge in [-0.1, -0.05) is 81.1 Å². The van der Waals surface area contributed by atoms with Crippen LogP contribution in [-0.4, -0.2) is 32.8 Å². The molecule has 66 heavy (non-hydrogen) atoms. The number of para-hydroxylation sites is 2. The van der Waals surface area contributed by atoms with E-state index in [1.807, 2.05) is 37.4 Å². The summed E-state index contributed by atoms with van der Waals surface area (Å²) in [6.45, 7) is 8.93. The van der Waals surface area contributed by atoms with Gasteiger partial charge < -0.3 is 8.98 Å². The van der Waals surface area contributed by atoms with E-state index in [2.05, 4.69) is 144 Å². The van der Waals surface area contributed by atoms with Crippen LogP contribution < -0.4 is 4.40 Å². The van der Waals surface area contributed by atoms with Gasteiger partial charge in [-0.25, -0.2) is 4.98 Å². The quantitative estimate of drug-likeness (QED) is 0.107. The summed E-state index contributed by atoms with van der Waals surface area (Å²) < 4.78 is 50.6. The second-order valence-electron chi connectivity index (χ2n) is 19.3. The van der Waals surface area contributed by atoms with Crippen LogP contribution in [0.3, 0.4) is 0 Å². The van der Waals surface area contributed by atoms with E-state index in [0.29, 0.717) is 28.8 Å². The molecular weight excluding hydrogens is 1050 g/mol. The van der Waals surface area contributed by atoms with Gasteiger partial charge in [0.05, 0.1) is 22.4 Å². The maximum Gasteiger partial charge on any atom is 0 e. The molecule has 0 N–H and O–H groups in total. The number of aryl methyl sites for hydroxylation is 2. The molecule has 0 aliphatic heterocycles. The van der Waals surface area contributed by atoms with Gasteiger partial charge in [0.2, 0.25) is 5.71 Å². The molecule has 0 amide bonds. The second kappa shape index (κ2) is 20.0. The fourth-order valence-corrected chi connectivity index (χ4v) is 12.2. The Kier molecular flexibility index (Phi) is 12.4. The summed E-state index contributed by atoms with van der Waals surface area (Å²) in [6, 6.07) is 45.2.